The summed E-state index contributed by atoms with van der Waals surface area (Å²) in [5, 5.41) is 3.61. The molecule has 0 spiro atoms. The molecule has 1 heterocycles. The zero-order valence-electron chi connectivity index (χ0n) is 11.8. The van der Waals surface area contributed by atoms with Gasteiger partial charge in [0.2, 0.25) is 0 Å². The van der Waals surface area contributed by atoms with E-state index in [1.165, 1.54) is 21.0 Å². The summed E-state index contributed by atoms with van der Waals surface area (Å²) in [7, 11) is 1.38. The lowest BCUT2D eigenvalue weighted by molar-refractivity contribution is -0.265. The summed E-state index contributed by atoms with van der Waals surface area (Å²) in [5.41, 5.74) is 8.73. The number of ether oxygens (including phenoxy) is 4. The molecule has 0 aromatic rings. The van der Waals surface area contributed by atoms with E-state index < -0.39 is 42.6 Å². The zero-order chi connectivity index (χ0) is 16.0. The molecule has 0 saturated carbocycles. The van der Waals surface area contributed by atoms with Crippen molar-refractivity contribution < 1.29 is 28.5 Å². The van der Waals surface area contributed by atoms with E-state index in [2.05, 4.69) is 32.6 Å². The van der Waals surface area contributed by atoms with E-state index in [1.807, 2.05) is 0 Å². The van der Waals surface area contributed by atoms with Crippen molar-refractivity contribution in [3.63, 3.8) is 0 Å². The summed E-state index contributed by atoms with van der Waals surface area (Å²) in [5.74, 6) is -1.13. The zero-order valence-corrected chi connectivity index (χ0v) is 13.9. The lowest BCUT2D eigenvalue weighted by atomic mass is 9.97. The number of rotatable bonds is 5. The van der Waals surface area contributed by atoms with E-state index in [9.17, 15) is 9.59 Å². The highest BCUT2D eigenvalue weighted by atomic mass is 127. The SMILES string of the molecule is CO[C@H]1O[C@H](CI)[C@@H](OC(C)=O)[C@@H](N=[N+]=[N-])[C@@H]1OC(C)=O. The van der Waals surface area contributed by atoms with Crippen molar-refractivity contribution in [3.8, 4) is 0 Å². The van der Waals surface area contributed by atoms with Crippen molar-refractivity contribution in [2.24, 2.45) is 5.11 Å². The molecule has 10 heteroatoms. The van der Waals surface area contributed by atoms with Gasteiger partial charge in [-0.1, -0.05) is 27.7 Å². The molecule has 5 atom stereocenters. The van der Waals surface area contributed by atoms with E-state index in [1.54, 1.807) is 0 Å². The molecular formula is C11H16IN3O6. The molecule has 0 aromatic carbocycles. The molecule has 1 aliphatic heterocycles. The minimum Gasteiger partial charge on any atom is -0.459 e. The first kappa shape index (κ1) is 18.0. The first-order valence-electron chi connectivity index (χ1n) is 6.07. The van der Waals surface area contributed by atoms with Gasteiger partial charge in [0, 0.05) is 30.3 Å². The molecule has 1 rings (SSSR count). The van der Waals surface area contributed by atoms with Crippen LogP contribution in [0.5, 0.6) is 0 Å². The van der Waals surface area contributed by atoms with Crippen molar-refractivity contribution in [2.75, 3.05) is 11.5 Å². The third-order valence-electron chi connectivity index (χ3n) is 2.79. The molecule has 0 bridgehead atoms. The topological polar surface area (TPSA) is 120 Å². The molecule has 0 radical (unpaired) electrons. The minimum absolute atomic E-state index is 0.472. The van der Waals surface area contributed by atoms with Gasteiger partial charge in [-0.2, -0.15) is 0 Å². The first-order valence-corrected chi connectivity index (χ1v) is 7.60. The van der Waals surface area contributed by atoms with Crippen molar-refractivity contribution >= 4 is 34.5 Å². The van der Waals surface area contributed by atoms with E-state index >= 15 is 0 Å². The quantitative estimate of drug-likeness (QED) is 0.168. The Morgan fingerprint density at radius 1 is 1.29 bits per heavy atom. The Kier molecular flexibility index (Phi) is 7.15. The third kappa shape index (κ3) is 4.70. The Labute approximate surface area is 135 Å². The van der Waals surface area contributed by atoms with Crippen LogP contribution in [0.1, 0.15) is 13.8 Å². The van der Waals surface area contributed by atoms with Gasteiger partial charge in [-0.25, -0.2) is 0 Å². The number of esters is 2. The summed E-state index contributed by atoms with van der Waals surface area (Å²) < 4.78 is 21.5. The molecule has 0 aromatic heterocycles. The molecule has 21 heavy (non-hydrogen) atoms. The van der Waals surface area contributed by atoms with Crippen molar-refractivity contribution in [3.05, 3.63) is 10.4 Å². The monoisotopic (exact) mass is 413 g/mol. The summed E-state index contributed by atoms with van der Waals surface area (Å²) in [4.78, 5) is 25.2. The maximum absolute atomic E-state index is 11.2. The fraction of sp³-hybridized carbons (Fsp3) is 0.818. The number of methoxy groups -OCH3 is 1. The van der Waals surface area contributed by atoms with Gasteiger partial charge in [0.15, 0.2) is 12.4 Å². The number of hydrogen-bond acceptors (Lipinski definition) is 7. The van der Waals surface area contributed by atoms with Gasteiger partial charge in [-0.3, -0.25) is 9.59 Å². The second-order valence-corrected chi connectivity index (χ2v) is 5.16. The van der Waals surface area contributed by atoms with E-state index in [-0.39, 0.29) is 0 Å². The second kappa shape index (κ2) is 8.37. The molecule has 1 saturated heterocycles. The van der Waals surface area contributed by atoms with Crippen LogP contribution in [0.2, 0.25) is 0 Å². The van der Waals surface area contributed by atoms with Gasteiger partial charge in [0.1, 0.15) is 18.2 Å². The Bertz CT molecular complexity index is 412. The lowest BCUT2D eigenvalue weighted by Crippen LogP contribution is -2.60. The highest BCUT2D eigenvalue weighted by Crippen LogP contribution is 2.30. The highest BCUT2D eigenvalue weighted by molar-refractivity contribution is 14.1. The standard InChI is InChI=1S/C11H16IN3O6/c1-5(16)19-9-7(4-12)21-11(18-3)10(20-6(2)17)8(9)14-15-13/h7-11H,4H2,1-3H3/t7-,8-,9-,10+,11+/m1/s1. The molecule has 0 unspecified atom stereocenters. The fourth-order valence-electron chi connectivity index (χ4n) is 2.05. The number of carbonyl (C=O) groups is 2. The number of halogens is 1. The van der Waals surface area contributed by atoms with E-state index in [0.29, 0.717) is 4.43 Å². The van der Waals surface area contributed by atoms with Gasteiger partial charge in [-0.05, 0) is 5.53 Å². The molecule has 1 fully saturated rings. The maximum Gasteiger partial charge on any atom is 0.303 e. The van der Waals surface area contributed by atoms with Crippen LogP contribution in [0.25, 0.3) is 10.4 Å². The van der Waals surface area contributed by atoms with Crippen LogP contribution in [0.4, 0.5) is 0 Å². The molecule has 0 amide bonds. The van der Waals surface area contributed by atoms with Crippen molar-refractivity contribution in [1.29, 1.82) is 0 Å². The van der Waals surface area contributed by atoms with E-state index in [0.717, 1.165) is 0 Å². The normalized spacial score (nSPS) is 31.9. The number of nitrogens with zero attached hydrogens (tertiary/aromatic N) is 3. The largest absolute Gasteiger partial charge is 0.459 e. The Balaban J connectivity index is 3.15. The van der Waals surface area contributed by atoms with Crippen LogP contribution in [-0.2, 0) is 28.5 Å². The average molecular weight is 413 g/mol. The molecule has 118 valence electrons. The number of carbonyl (C=O) groups excluding carboxylic acids is 2. The maximum atomic E-state index is 11.2. The van der Waals surface area contributed by atoms with Crippen LogP contribution < -0.4 is 0 Å². The summed E-state index contributed by atoms with van der Waals surface area (Å²) >= 11 is 2.05. The second-order valence-electron chi connectivity index (χ2n) is 4.28. The lowest BCUT2D eigenvalue weighted by Gasteiger charge is -2.42. The first-order chi connectivity index (χ1) is 9.94. The van der Waals surface area contributed by atoms with Gasteiger partial charge < -0.3 is 18.9 Å². The number of alkyl halides is 1. The van der Waals surface area contributed by atoms with E-state index in [4.69, 9.17) is 24.5 Å². The van der Waals surface area contributed by atoms with Gasteiger partial charge in [0.25, 0.3) is 0 Å². The van der Waals surface area contributed by atoms with Gasteiger partial charge in [-0.15, -0.1) is 0 Å². The van der Waals surface area contributed by atoms with Crippen LogP contribution in [-0.4, -0.2) is 54.1 Å². The predicted octanol–water partition coefficient (Wildman–Crippen LogP) is 1.34. The summed E-state index contributed by atoms with van der Waals surface area (Å²) in [6, 6.07) is -0.929. The molecular weight excluding hydrogens is 397 g/mol. The highest BCUT2D eigenvalue weighted by Gasteiger charge is 2.49. The summed E-state index contributed by atoms with van der Waals surface area (Å²) in [6.07, 6.45) is -3.30. The molecule has 0 N–H and O–H groups in total. The molecule has 9 nitrogen and oxygen atoms in total. The Hall–Kier alpha value is -1.10. The third-order valence-corrected chi connectivity index (χ3v) is 3.66. The minimum atomic E-state index is -0.994. The Morgan fingerprint density at radius 2 is 1.86 bits per heavy atom. The van der Waals surface area contributed by atoms with Crippen molar-refractivity contribution in [1.82, 2.24) is 0 Å². The fourth-order valence-corrected chi connectivity index (χ4v) is 2.76. The summed E-state index contributed by atoms with van der Waals surface area (Å²) in [6.45, 7) is 2.45. The van der Waals surface area contributed by atoms with Gasteiger partial charge in [0.05, 0.1) is 0 Å². The average Bonchev–Trinajstić information content (AvgIpc) is 2.41. The smallest absolute Gasteiger partial charge is 0.303 e. The van der Waals surface area contributed by atoms with Crippen LogP contribution >= 0.6 is 22.6 Å². The van der Waals surface area contributed by atoms with Crippen LogP contribution in [0.15, 0.2) is 5.11 Å². The number of azide groups is 1. The Morgan fingerprint density at radius 3 is 2.29 bits per heavy atom. The number of hydrogen-bond donors (Lipinski definition) is 0. The predicted molar refractivity (Wildman–Crippen MR) is 78.6 cm³/mol. The van der Waals surface area contributed by atoms with Crippen LogP contribution in [0, 0.1) is 0 Å². The molecule has 0 aliphatic carbocycles. The molecule has 1 aliphatic rings. The van der Waals surface area contributed by atoms with Crippen LogP contribution in [0.3, 0.4) is 0 Å². The van der Waals surface area contributed by atoms with Crippen molar-refractivity contribution in [2.45, 2.75) is 44.5 Å². The van der Waals surface area contributed by atoms with Gasteiger partial charge >= 0.3 is 11.9 Å².